The number of hydrogen-bond acceptors (Lipinski definition) is 3. The molecule has 0 atom stereocenters. The van der Waals surface area contributed by atoms with E-state index in [1.54, 1.807) is 12.1 Å². The predicted octanol–water partition coefficient (Wildman–Crippen LogP) is 2.55. The summed E-state index contributed by atoms with van der Waals surface area (Å²) in [4.78, 5) is 10.4. The molecule has 2 aromatic rings. The molecule has 0 radical (unpaired) electrons. The summed E-state index contributed by atoms with van der Waals surface area (Å²) < 4.78 is 2.10. The number of nitrogens with zero attached hydrogens (tertiary/aromatic N) is 2. The summed E-state index contributed by atoms with van der Waals surface area (Å²) in [6.45, 7) is 4.43. The highest BCUT2D eigenvalue weighted by molar-refractivity contribution is 5.34. The third kappa shape index (κ3) is 3.42. The van der Waals surface area contributed by atoms with Crippen molar-refractivity contribution in [2.75, 3.05) is 6.54 Å². The van der Waals surface area contributed by atoms with Gasteiger partial charge in [0.1, 0.15) is 0 Å². The third-order valence-electron chi connectivity index (χ3n) is 2.95. The molecule has 0 bridgehead atoms. The topological polar surface area (TPSA) is 60.1 Å². The predicted molar refractivity (Wildman–Crippen MR) is 74.0 cm³/mol. The smallest absolute Gasteiger partial charge is 0.269 e. The van der Waals surface area contributed by atoms with Crippen LogP contribution in [-0.4, -0.2) is 16.0 Å². The van der Waals surface area contributed by atoms with Gasteiger partial charge in [-0.05, 0) is 24.2 Å². The second kappa shape index (κ2) is 6.15. The van der Waals surface area contributed by atoms with Gasteiger partial charge in [0.25, 0.3) is 5.69 Å². The van der Waals surface area contributed by atoms with Crippen LogP contribution in [0.4, 0.5) is 5.69 Å². The molecule has 0 spiro atoms. The molecule has 0 fully saturated rings. The Morgan fingerprint density at radius 2 is 2.16 bits per heavy atom. The Labute approximate surface area is 112 Å². The second-order valence-corrected chi connectivity index (χ2v) is 4.33. The van der Waals surface area contributed by atoms with E-state index in [0.29, 0.717) is 6.54 Å². The number of aromatic nitrogens is 1. The van der Waals surface area contributed by atoms with Crippen molar-refractivity contribution in [1.29, 1.82) is 0 Å². The van der Waals surface area contributed by atoms with Crippen LogP contribution < -0.4 is 5.32 Å². The van der Waals surface area contributed by atoms with Crippen LogP contribution >= 0.6 is 0 Å². The van der Waals surface area contributed by atoms with Crippen LogP contribution in [0, 0.1) is 10.1 Å². The molecule has 1 aromatic heterocycles. The molecule has 0 saturated heterocycles. The summed E-state index contributed by atoms with van der Waals surface area (Å²) in [7, 11) is 0. The highest BCUT2D eigenvalue weighted by atomic mass is 16.6. The molecule has 5 nitrogen and oxygen atoms in total. The Morgan fingerprint density at radius 3 is 2.89 bits per heavy atom. The van der Waals surface area contributed by atoms with E-state index in [1.165, 1.54) is 11.8 Å². The van der Waals surface area contributed by atoms with Crippen molar-refractivity contribution in [2.24, 2.45) is 0 Å². The molecule has 1 heterocycles. The van der Waals surface area contributed by atoms with Gasteiger partial charge in [0.15, 0.2) is 0 Å². The van der Waals surface area contributed by atoms with Gasteiger partial charge in [-0.25, -0.2) is 0 Å². The number of rotatable bonds is 6. The molecule has 2 rings (SSSR count). The summed E-state index contributed by atoms with van der Waals surface area (Å²) >= 11 is 0. The molecular weight excluding hydrogens is 242 g/mol. The standard InChI is InChI=1S/C14H17N3O2/c1-2-15-10-14-7-4-8-16(14)11-12-5-3-6-13(9-12)17(18)19/h3-9,15H,2,10-11H2,1H3. The van der Waals surface area contributed by atoms with Crippen LogP contribution in [0.5, 0.6) is 0 Å². The van der Waals surface area contributed by atoms with Gasteiger partial charge < -0.3 is 9.88 Å². The minimum atomic E-state index is -0.362. The first-order chi connectivity index (χ1) is 9.20. The number of nitrogens with one attached hydrogen (secondary N) is 1. The molecular formula is C14H17N3O2. The van der Waals surface area contributed by atoms with Crippen molar-refractivity contribution >= 4 is 5.69 Å². The zero-order valence-corrected chi connectivity index (χ0v) is 10.9. The molecule has 0 unspecified atom stereocenters. The van der Waals surface area contributed by atoms with E-state index in [2.05, 4.69) is 22.9 Å². The monoisotopic (exact) mass is 259 g/mol. The van der Waals surface area contributed by atoms with Gasteiger partial charge in [0, 0.05) is 37.1 Å². The molecule has 1 aromatic carbocycles. The Bertz CT molecular complexity index is 563. The van der Waals surface area contributed by atoms with E-state index in [-0.39, 0.29) is 10.6 Å². The van der Waals surface area contributed by atoms with Crippen LogP contribution in [0.1, 0.15) is 18.2 Å². The molecule has 1 N–H and O–H groups in total. The molecule has 0 saturated carbocycles. The average Bonchev–Trinajstić information content (AvgIpc) is 2.84. The van der Waals surface area contributed by atoms with Gasteiger partial charge in [0.2, 0.25) is 0 Å². The lowest BCUT2D eigenvalue weighted by molar-refractivity contribution is -0.384. The van der Waals surface area contributed by atoms with Gasteiger partial charge in [-0.1, -0.05) is 19.1 Å². The lowest BCUT2D eigenvalue weighted by Gasteiger charge is -2.09. The van der Waals surface area contributed by atoms with Crippen molar-refractivity contribution < 1.29 is 4.92 Å². The van der Waals surface area contributed by atoms with Crippen LogP contribution in [0.3, 0.4) is 0 Å². The fourth-order valence-electron chi connectivity index (χ4n) is 1.98. The van der Waals surface area contributed by atoms with Crippen LogP contribution in [0.15, 0.2) is 42.6 Å². The molecule has 5 heteroatoms. The minimum Gasteiger partial charge on any atom is -0.346 e. The fourth-order valence-corrected chi connectivity index (χ4v) is 1.98. The van der Waals surface area contributed by atoms with Gasteiger partial charge in [-0.15, -0.1) is 0 Å². The number of hydrogen-bond donors (Lipinski definition) is 1. The summed E-state index contributed by atoms with van der Waals surface area (Å²) in [5.41, 5.74) is 2.24. The van der Waals surface area contributed by atoms with E-state index in [4.69, 9.17) is 0 Å². The van der Waals surface area contributed by atoms with Crippen molar-refractivity contribution in [2.45, 2.75) is 20.0 Å². The quantitative estimate of drug-likeness (QED) is 0.640. The van der Waals surface area contributed by atoms with Crippen LogP contribution in [-0.2, 0) is 13.1 Å². The van der Waals surface area contributed by atoms with Crippen molar-refractivity contribution in [3.63, 3.8) is 0 Å². The van der Waals surface area contributed by atoms with Gasteiger partial charge in [-0.2, -0.15) is 0 Å². The molecule has 100 valence electrons. The Hall–Kier alpha value is -2.14. The zero-order valence-electron chi connectivity index (χ0n) is 10.9. The first-order valence-corrected chi connectivity index (χ1v) is 6.28. The summed E-state index contributed by atoms with van der Waals surface area (Å²) in [5, 5.41) is 14.0. The summed E-state index contributed by atoms with van der Waals surface area (Å²) in [5.74, 6) is 0. The van der Waals surface area contributed by atoms with Crippen molar-refractivity contribution in [3.8, 4) is 0 Å². The maximum Gasteiger partial charge on any atom is 0.269 e. The third-order valence-corrected chi connectivity index (χ3v) is 2.95. The van der Waals surface area contributed by atoms with Gasteiger partial charge in [-0.3, -0.25) is 10.1 Å². The van der Waals surface area contributed by atoms with E-state index in [0.717, 1.165) is 18.7 Å². The number of nitro groups is 1. The van der Waals surface area contributed by atoms with Gasteiger partial charge in [0.05, 0.1) is 4.92 Å². The lowest BCUT2D eigenvalue weighted by atomic mass is 10.2. The van der Waals surface area contributed by atoms with E-state index >= 15 is 0 Å². The largest absolute Gasteiger partial charge is 0.346 e. The highest BCUT2D eigenvalue weighted by Gasteiger charge is 2.07. The van der Waals surface area contributed by atoms with E-state index in [1.807, 2.05) is 18.3 Å². The second-order valence-electron chi connectivity index (χ2n) is 4.33. The Balaban J connectivity index is 2.14. The van der Waals surface area contributed by atoms with E-state index in [9.17, 15) is 10.1 Å². The number of nitro benzene ring substituents is 1. The first kappa shape index (κ1) is 13.3. The number of benzene rings is 1. The molecule has 0 aliphatic rings. The molecule has 0 aliphatic carbocycles. The summed E-state index contributed by atoms with van der Waals surface area (Å²) in [6.07, 6.45) is 1.99. The van der Waals surface area contributed by atoms with E-state index < -0.39 is 0 Å². The van der Waals surface area contributed by atoms with Crippen molar-refractivity contribution in [3.05, 3.63) is 64.0 Å². The van der Waals surface area contributed by atoms with Crippen LogP contribution in [0.2, 0.25) is 0 Å². The lowest BCUT2D eigenvalue weighted by Crippen LogP contribution is -2.15. The Morgan fingerprint density at radius 1 is 1.32 bits per heavy atom. The SMILES string of the molecule is CCNCc1cccn1Cc1cccc([N+](=O)[O-])c1. The average molecular weight is 259 g/mol. The minimum absolute atomic E-state index is 0.137. The zero-order chi connectivity index (χ0) is 13.7. The molecule has 19 heavy (non-hydrogen) atoms. The van der Waals surface area contributed by atoms with Crippen LogP contribution in [0.25, 0.3) is 0 Å². The summed E-state index contributed by atoms with van der Waals surface area (Å²) in [6, 6.07) is 10.8. The maximum atomic E-state index is 10.8. The normalized spacial score (nSPS) is 10.6. The molecule has 0 aliphatic heterocycles. The maximum absolute atomic E-state index is 10.8. The van der Waals surface area contributed by atoms with Crippen molar-refractivity contribution in [1.82, 2.24) is 9.88 Å². The highest BCUT2D eigenvalue weighted by Crippen LogP contribution is 2.15. The van der Waals surface area contributed by atoms with Gasteiger partial charge >= 0.3 is 0 Å². The fraction of sp³-hybridized carbons (Fsp3) is 0.286. The molecule has 0 amide bonds. The number of non-ortho nitro benzene ring substituents is 1. The first-order valence-electron chi connectivity index (χ1n) is 6.28. The Kier molecular flexibility index (Phi) is 4.30.